The Bertz CT molecular complexity index is 2390. The number of nitrogens with zero attached hydrogens (tertiary/aromatic N) is 4. The predicted octanol–water partition coefficient (Wildman–Crippen LogP) is 8.19. The monoisotopic (exact) mass is 882 g/mol. The first kappa shape index (κ1) is 43.5. The Kier molecular flexibility index (Phi) is 12.8. The summed E-state index contributed by atoms with van der Waals surface area (Å²) < 4.78 is 42.7. The van der Waals surface area contributed by atoms with Crippen molar-refractivity contribution >= 4 is 52.6 Å². The molecule has 8 rings (SSSR count). The van der Waals surface area contributed by atoms with Crippen molar-refractivity contribution in [1.82, 2.24) is 25.2 Å². The van der Waals surface area contributed by atoms with Crippen LogP contribution in [0.5, 0.6) is 5.75 Å². The number of esters is 1. The minimum atomic E-state index is -4.47. The standard InChI is InChI=1S/C46H52FN6O7PS/c1-3-4-23-59-45(57)29(2)51-61(58,60-34-13-6-5-7-14-34)41(47)30-16-19-39-32(24-30)25-40(62-39)42(54)50-37-15-9-8-12-33-17-18-38(53(33)43(37)55)44(56)52-28-35(31-11-10-22-49-27-31)36(26-48)46(52)20-21-46/h5-7,10-11,13-14,16,19,22,24-25,27,29,33,35-38,41H,3-4,8-9,12,15,17-18,20-21,23,28H2,1-2H3,(H,50,54)(H,51,58)/t29-,33-,35+,36+,37-,38-,41?,61?/m0/s1. The van der Waals surface area contributed by atoms with Gasteiger partial charge in [-0.25, -0.2) is 9.48 Å². The number of hydrogen-bond acceptors (Lipinski definition) is 10. The predicted molar refractivity (Wildman–Crippen MR) is 232 cm³/mol. The average molecular weight is 883 g/mol. The molecule has 3 aliphatic heterocycles. The number of para-hydroxylation sites is 1. The normalized spacial score (nSPS) is 24.9. The van der Waals surface area contributed by atoms with E-state index >= 15 is 4.39 Å². The Morgan fingerprint density at radius 3 is 2.58 bits per heavy atom. The number of hydrogen-bond donors (Lipinski definition) is 2. The van der Waals surface area contributed by atoms with E-state index in [9.17, 15) is 29.0 Å². The molecule has 326 valence electrons. The van der Waals surface area contributed by atoms with Crippen molar-refractivity contribution in [1.29, 1.82) is 5.26 Å². The van der Waals surface area contributed by atoms with Crippen molar-refractivity contribution in [2.45, 2.75) is 120 Å². The number of pyridine rings is 1. The van der Waals surface area contributed by atoms with Crippen molar-refractivity contribution in [3.05, 3.63) is 95.1 Å². The second kappa shape index (κ2) is 18.3. The molecule has 1 spiro atoms. The van der Waals surface area contributed by atoms with E-state index in [2.05, 4.69) is 21.5 Å². The SMILES string of the molecule is CCCCOC(=O)[C@H](C)NP(=O)(Oc1ccccc1)C(F)c1ccc2sc(C(=O)N[C@H]3CCCC[C@H]4CC[C@@H](C(=O)N5C[C@H](c6cccnc6)[C@@H](C#N)C56CC6)N4C3=O)cc2c1. The van der Waals surface area contributed by atoms with Crippen LogP contribution in [-0.2, 0) is 23.7 Å². The van der Waals surface area contributed by atoms with Gasteiger partial charge in [-0.3, -0.25) is 28.7 Å². The summed E-state index contributed by atoms with van der Waals surface area (Å²) in [5, 5.41) is 16.4. The zero-order valence-corrected chi connectivity index (χ0v) is 36.6. The number of likely N-dealkylation sites (tertiary alicyclic amines) is 1. The first-order chi connectivity index (χ1) is 30.0. The van der Waals surface area contributed by atoms with Gasteiger partial charge >= 0.3 is 13.5 Å². The van der Waals surface area contributed by atoms with Crippen LogP contribution >= 0.6 is 18.9 Å². The number of ether oxygens (including phenoxy) is 1. The molecule has 1 aliphatic carbocycles. The van der Waals surface area contributed by atoms with Gasteiger partial charge in [-0.15, -0.1) is 11.3 Å². The Morgan fingerprint density at radius 1 is 1.06 bits per heavy atom. The van der Waals surface area contributed by atoms with E-state index in [1.807, 2.05) is 24.0 Å². The zero-order chi connectivity index (χ0) is 43.6. The zero-order valence-electron chi connectivity index (χ0n) is 34.9. The second-order valence-corrected chi connectivity index (χ2v) is 20.1. The van der Waals surface area contributed by atoms with E-state index in [-0.39, 0.29) is 47.6 Å². The lowest BCUT2D eigenvalue weighted by molar-refractivity contribution is -0.148. The molecule has 1 saturated carbocycles. The fourth-order valence-electron chi connectivity index (χ4n) is 9.52. The highest BCUT2D eigenvalue weighted by molar-refractivity contribution is 7.57. The largest absolute Gasteiger partial charge is 0.465 e. The van der Waals surface area contributed by atoms with Gasteiger partial charge in [-0.05, 0) is 105 Å². The number of aromatic nitrogens is 1. The fourth-order valence-corrected chi connectivity index (χ4v) is 12.4. The number of nitrogens with one attached hydrogen (secondary N) is 2. The van der Waals surface area contributed by atoms with Gasteiger partial charge < -0.3 is 24.4 Å². The number of carbonyl (C=O) groups is 4. The van der Waals surface area contributed by atoms with Crippen LogP contribution in [0.15, 0.2) is 79.1 Å². The number of unbranched alkanes of at least 4 members (excludes halogenated alkanes) is 1. The Morgan fingerprint density at radius 2 is 1.85 bits per heavy atom. The highest BCUT2D eigenvalue weighted by atomic mass is 32.1. The number of benzene rings is 2. The van der Waals surface area contributed by atoms with Gasteiger partial charge in [0.1, 0.15) is 23.9 Å². The van der Waals surface area contributed by atoms with E-state index in [1.54, 1.807) is 59.8 Å². The van der Waals surface area contributed by atoms with Crippen LogP contribution in [0.4, 0.5) is 4.39 Å². The van der Waals surface area contributed by atoms with Crippen LogP contribution in [0.1, 0.15) is 111 Å². The summed E-state index contributed by atoms with van der Waals surface area (Å²) in [4.78, 5) is 64.0. The third kappa shape index (κ3) is 8.61. The molecule has 4 aliphatic rings. The molecule has 62 heavy (non-hydrogen) atoms. The third-order valence-corrected chi connectivity index (χ3v) is 16.1. The van der Waals surface area contributed by atoms with Gasteiger partial charge in [-0.2, -0.15) is 5.26 Å². The molecule has 3 amide bonds. The van der Waals surface area contributed by atoms with E-state index in [1.165, 1.54) is 30.4 Å². The second-order valence-electron chi connectivity index (χ2n) is 17.0. The van der Waals surface area contributed by atoms with Crippen molar-refractivity contribution in [3.63, 3.8) is 0 Å². The fraction of sp³-hybridized carbons (Fsp3) is 0.478. The van der Waals surface area contributed by atoms with Crippen molar-refractivity contribution < 1.29 is 37.4 Å². The molecule has 2 aromatic heterocycles. The topological polar surface area (TPSA) is 171 Å². The third-order valence-electron chi connectivity index (χ3n) is 12.9. The van der Waals surface area contributed by atoms with E-state index in [0.29, 0.717) is 47.2 Å². The van der Waals surface area contributed by atoms with Crippen LogP contribution in [0.3, 0.4) is 0 Å². The molecule has 13 nitrogen and oxygen atoms in total. The molecule has 0 bridgehead atoms. The quantitative estimate of drug-likeness (QED) is 0.0715. The summed E-state index contributed by atoms with van der Waals surface area (Å²) in [6.07, 6.45) is 10.4. The lowest BCUT2D eigenvalue weighted by Gasteiger charge is -2.37. The van der Waals surface area contributed by atoms with E-state index in [4.69, 9.17) is 9.26 Å². The summed E-state index contributed by atoms with van der Waals surface area (Å²) in [6.45, 7) is 3.97. The summed E-state index contributed by atoms with van der Waals surface area (Å²) in [5.74, 6) is -4.14. The molecule has 0 radical (unpaired) electrons. The van der Waals surface area contributed by atoms with Gasteiger partial charge in [0.25, 0.3) is 5.91 Å². The Balaban J connectivity index is 0.986. The molecular weight excluding hydrogens is 831 g/mol. The van der Waals surface area contributed by atoms with Crippen LogP contribution in [0.2, 0.25) is 0 Å². The van der Waals surface area contributed by atoms with E-state index < -0.39 is 49.0 Å². The summed E-state index contributed by atoms with van der Waals surface area (Å²) >= 11 is 1.18. The maximum absolute atomic E-state index is 16.6. The average Bonchev–Trinajstić information content (AvgIpc) is 3.60. The summed E-state index contributed by atoms with van der Waals surface area (Å²) in [5.41, 5.74) is 0.401. The van der Waals surface area contributed by atoms with E-state index in [0.717, 1.165) is 44.1 Å². The lowest BCUT2D eigenvalue weighted by Crippen LogP contribution is -2.57. The minimum Gasteiger partial charge on any atom is -0.465 e. The molecule has 4 aromatic rings. The smallest absolute Gasteiger partial charge is 0.355 e. The number of fused-ring (bicyclic) bond motifs is 2. The Labute approximate surface area is 364 Å². The first-order valence-corrected chi connectivity index (χ1v) is 24.2. The van der Waals surface area contributed by atoms with Crippen LogP contribution < -0.4 is 14.9 Å². The minimum absolute atomic E-state index is 0.0189. The van der Waals surface area contributed by atoms with Gasteiger partial charge in [0.2, 0.25) is 17.7 Å². The molecular formula is C46H52FN6O7PS. The van der Waals surface area contributed by atoms with Crippen molar-refractivity contribution in [3.8, 4) is 11.8 Å². The number of carbonyl (C=O) groups excluding carboxylic acids is 4. The Hall–Kier alpha value is -5.16. The molecule has 5 heterocycles. The molecule has 2 unspecified atom stereocenters. The highest BCUT2D eigenvalue weighted by Crippen LogP contribution is 2.59. The molecule has 2 N–H and O–H groups in total. The van der Waals surface area contributed by atoms with Gasteiger partial charge in [0, 0.05) is 35.6 Å². The first-order valence-electron chi connectivity index (χ1n) is 21.7. The van der Waals surface area contributed by atoms with Crippen molar-refractivity contribution in [2.24, 2.45) is 5.92 Å². The van der Waals surface area contributed by atoms with Gasteiger partial charge in [0.15, 0.2) is 0 Å². The lowest BCUT2D eigenvalue weighted by atomic mass is 9.85. The number of amides is 3. The van der Waals surface area contributed by atoms with Crippen LogP contribution in [-0.4, -0.2) is 81.3 Å². The number of halogens is 1. The number of alkyl halides is 1. The van der Waals surface area contributed by atoms with Gasteiger partial charge in [-0.1, -0.05) is 56.5 Å². The molecule has 8 atom stereocenters. The van der Waals surface area contributed by atoms with Crippen molar-refractivity contribution in [2.75, 3.05) is 13.2 Å². The number of nitriles is 1. The molecule has 4 fully saturated rings. The van der Waals surface area contributed by atoms with Crippen LogP contribution in [0, 0.1) is 17.2 Å². The number of thiophene rings is 1. The molecule has 3 saturated heterocycles. The highest BCUT2D eigenvalue weighted by Gasteiger charge is 2.64. The maximum Gasteiger partial charge on any atom is 0.355 e. The molecule has 16 heteroatoms. The van der Waals surface area contributed by atoms with Crippen LogP contribution in [0.25, 0.3) is 10.1 Å². The summed E-state index contributed by atoms with van der Waals surface area (Å²) in [7, 11) is -4.47. The summed E-state index contributed by atoms with van der Waals surface area (Å²) in [6, 6.07) is 17.9. The van der Waals surface area contributed by atoms with Gasteiger partial charge in [0.05, 0.1) is 29.0 Å². The molecule has 2 aromatic carbocycles. The maximum atomic E-state index is 16.6. The number of rotatable bonds is 14.